The van der Waals surface area contributed by atoms with Crippen LogP contribution in [0.1, 0.15) is 5.56 Å². The molecule has 1 unspecified atom stereocenters. The van der Waals surface area contributed by atoms with Crippen LogP contribution in [0.5, 0.6) is 5.75 Å². The van der Waals surface area contributed by atoms with Crippen LogP contribution in [0.2, 0.25) is 0 Å². The molecule has 1 aromatic rings. The van der Waals surface area contributed by atoms with Crippen LogP contribution in [-0.4, -0.2) is 40.1 Å². The summed E-state index contributed by atoms with van der Waals surface area (Å²) >= 11 is 3.53. The second kappa shape index (κ2) is 9.28. The van der Waals surface area contributed by atoms with Gasteiger partial charge in [-0.15, -0.1) is 0 Å². The summed E-state index contributed by atoms with van der Waals surface area (Å²) in [6.45, 7) is 1.68. The van der Waals surface area contributed by atoms with Crippen LogP contribution >= 0.6 is 15.9 Å². The van der Waals surface area contributed by atoms with E-state index in [-0.39, 0.29) is 6.04 Å². The van der Waals surface area contributed by atoms with E-state index < -0.39 is 0 Å². The number of benzene rings is 1. The second-order valence-corrected chi connectivity index (χ2v) is 4.95. The third kappa shape index (κ3) is 5.88. The van der Waals surface area contributed by atoms with Gasteiger partial charge in [0, 0.05) is 17.6 Å². The molecule has 0 aromatic heterocycles. The Labute approximate surface area is 122 Å². The van der Waals surface area contributed by atoms with Crippen LogP contribution < -0.4 is 16.0 Å². The molecule has 0 aliphatic carbocycles. The number of hydrogen-bond acceptors (Lipinski definition) is 5. The molecule has 0 heterocycles. The first kappa shape index (κ1) is 16.4. The summed E-state index contributed by atoms with van der Waals surface area (Å²) in [7, 11) is 3.30. The number of nitrogens with one attached hydrogen (secondary N) is 1. The number of nitrogens with two attached hydrogens (primary N) is 1. The summed E-state index contributed by atoms with van der Waals surface area (Å²) in [6, 6.07) is 5.91. The van der Waals surface area contributed by atoms with E-state index in [0.717, 1.165) is 22.2 Å². The monoisotopic (exact) mass is 332 g/mol. The molecule has 0 amide bonds. The molecule has 0 saturated heterocycles. The maximum absolute atomic E-state index is 5.55. The Morgan fingerprint density at radius 3 is 2.74 bits per heavy atom. The topological polar surface area (TPSA) is 65.7 Å². The van der Waals surface area contributed by atoms with E-state index in [4.69, 9.17) is 20.1 Å². The zero-order chi connectivity index (χ0) is 14.1. The lowest BCUT2D eigenvalue weighted by molar-refractivity contribution is 0.0587. The molecule has 6 heteroatoms. The second-order valence-electron chi connectivity index (χ2n) is 4.09. The van der Waals surface area contributed by atoms with Crippen molar-refractivity contribution in [2.24, 2.45) is 5.84 Å². The van der Waals surface area contributed by atoms with E-state index >= 15 is 0 Å². The van der Waals surface area contributed by atoms with Crippen LogP contribution in [0.4, 0.5) is 0 Å². The highest BCUT2D eigenvalue weighted by molar-refractivity contribution is 9.10. The van der Waals surface area contributed by atoms with Crippen molar-refractivity contribution in [1.29, 1.82) is 0 Å². The zero-order valence-electron chi connectivity index (χ0n) is 11.3. The zero-order valence-corrected chi connectivity index (χ0v) is 12.9. The van der Waals surface area contributed by atoms with Crippen molar-refractivity contribution < 1.29 is 14.2 Å². The Hall–Kier alpha value is -0.660. The van der Waals surface area contributed by atoms with Crippen molar-refractivity contribution in [3.8, 4) is 5.75 Å². The van der Waals surface area contributed by atoms with Crippen molar-refractivity contribution in [3.05, 3.63) is 28.2 Å². The Morgan fingerprint density at radius 1 is 1.32 bits per heavy atom. The molecule has 0 spiro atoms. The average Bonchev–Trinajstić information content (AvgIpc) is 2.44. The van der Waals surface area contributed by atoms with Crippen molar-refractivity contribution in [1.82, 2.24) is 5.43 Å². The van der Waals surface area contributed by atoms with E-state index in [0.29, 0.717) is 19.8 Å². The highest BCUT2D eigenvalue weighted by atomic mass is 79.9. The minimum absolute atomic E-state index is 0.0419. The first-order valence-corrected chi connectivity index (χ1v) is 6.85. The van der Waals surface area contributed by atoms with E-state index in [1.54, 1.807) is 14.2 Å². The van der Waals surface area contributed by atoms with Gasteiger partial charge in [0.1, 0.15) is 5.75 Å². The Bertz CT molecular complexity index is 377. The number of hydrazine groups is 1. The van der Waals surface area contributed by atoms with Gasteiger partial charge in [0.15, 0.2) is 0 Å². The Kier molecular flexibility index (Phi) is 8.00. The summed E-state index contributed by atoms with van der Waals surface area (Å²) < 4.78 is 16.7. The third-order valence-corrected chi connectivity index (χ3v) is 3.48. The number of methoxy groups -OCH3 is 2. The van der Waals surface area contributed by atoms with Crippen molar-refractivity contribution in [2.75, 3.05) is 34.0 Å². The van der Waals surface area contributed by atoms with E-state index in [2.05, 4.69) is 21.4 Å². The lowest BCUT2D eigenvalue weighted by atomic mass is 10.1. The van der Waals surface area contributed by atoms with Gasteiger partial charge >= 0.3 is 0 Å². The van der Waals surface area contributed by atoms with E-state index in [9.17, 15) is 0 Å². The van der Waals surface area contributed by atoms with Gasteiger partial charge in [0.25, 0.3) is 0 Å². The highest BCUT2D eigenvalue weighted by Gasteiger charge is 2.11. The van der Waals surface area contributed by atoms with Crippen molar-refractivity contribution in [3.63, 3.8) is 0 Å². The maximum atomic E-state index is 5.55. The lowest BCUT2D eigenvalue weighted by Crippen LogP contribution is -2.40. The fourth-order valence-corrected chi connectivity index (χ4v) is 2.04. The fraction of sp³-hybridized carbons (Fsp3) is 0.538. The standard InChI is InChI=1S/C13H21BrN2O3/c1-17-5-6-19-9-11(16-15)7-10-8-12(18-2)3-4-13(10)14/h3-4,8,11,16H,5-7,9,15H2,1-2H3. The van der Waals surface area contributed by atoms with Gasteiger partial charge in [-0.25, -0.2) is 0 Å². The van der Waals surface area contributed by atoms with Gasteiger partial charge in [-0.3, -0.25) is 11.3 Å². The molecule has 3 N–H and O–H groups in total. The van der Waals surface area contributed by atoms with Crippen LogP contribution in [-0.2, 0) is 15.9 Å². The van der Waals surface area contributed by atoms with Crippen molar-refractivity contribution >= 4 is 15.9 Å². The van der Waals surface area contributed by atoms with Gasteiger partial charge in [-0.2, -0.15) is 0 Å². The number of hydrogen-bond donors (Lipinski definition) is 2. The minimum Gasteiger partial charge on any atom is -0.497 e. The predicted molar refractivity (Wildman–Crippen MR) is 78.2 cm³/mol. The molecule has 1 rings (SSSR count). The molecule has 0 bridgehead atoms. The minimum atomic E-state index is 0.0419. The number of halogens is 1. The molecule has 5 nitrogen and oxygen atoms in total. The summed E-state index contributed by atoms with van der Waals surface area (Å²) in [5.74, 6) is 6.38. The first-order valence-electron chi connectivity index (χ1n) is 6.06. The van der Waals surface area contributed by atoms with E-state index in [1.165, 1.54) is 0 Å². The SMILES string of the molecule is COCCOCC(Cc1cc(OC)ccc1Br)NN. The Morgan fingerprint density at radius 2 is 2.11 bits per heavy atom. The van der Waals surface area contributed by atoms with Gasteiger partial charge in [0.05, 0.1) is 26.9 Å². The summed E-state index contributed by atoms with van der Waals surface area (Å²) in [6.07, 6.45) is 0.751. The molecule has 108 valence electrons. The Balaban J connectivity index is 2.54. The quantitative estimate of drug-likeness (QED) is 0.407. The van der Waals surface area contributed by atoms with Crippen molar-refractivity contribution in [2.45, 2.75) is 12.5 Å². The van der Waals surface area contributed by atoms with Crippen LogP contribution in [0.3, 0.4) is 0 Å². The smallest absolute Gasteiger partial charge is 0.119 e. The molecular weight excluding hydrogens is 312 g/mol. The molecular formula is C13H21BrN2O3. The third-order valence-electron chi connectivity index (χ3n) is 2.71. The number of ether oxygens (including phenoxy) is 3. The molecule has 0 saturated carbocycles. The summed E-state index contributed by atoms with van der Waals surface area (Å²) in [5, 5.41) is 0. The average molecular weight is 333 g/mol. The molecule has 0 aliphatic heterocycles. The predicted octanol–water partition coefficient (Wildman–Crippen LogP) is 1.50. The molecule has 19 heavy (non-hydrogen) atoms. The molecule has 1 aromatic carbocycles. The number of rotatable bonds is 9. The summed E-state index contributed by atoms with van der Waals surface area (Å²) in [5.41, 5.74) is 3.89. The highest BCUT2D eigenvalue weighted by Crippen LogP contribution is 2.23. The van der Waals surface area contributed by atoms with Crippen LogP contribution in [0, 0.1) is 0 Å². The van der Waals surface area contributed by atoms with Gasteiger partial charge in [0.2, 0.25) is 0 Å². The maximum Gasteiger partial charge on any atom is 0.119 e. The molecule has 1 atom stereocenters. The van der Waals surface area contributed by atoms with Crippen LogP contribution in [0.15, 0.2) is 22.7 Å². The molecule has 0 aliphatic rings. The molecule has 0 radical (unpaired) electrons. The molecule has 0 fully saturated rings. The lowest BCUT2D eigenvalue weighted by Gasteiger charge is -2.17. The van der Waals surface area contributed by atoms with Crippen LogP contribution in [0.25, 0.3) is 0 Å². The van der Waals surface area contributed by atoms with Gasteiger partial charge in [-0.1, -0.05) is 15.9 Å². The first-order chi connectivity index (χ1) is 9.21. The summed E-state index contributed by atoms with van der Waals surface area (Å²) in [4.78, 5) is 0. The van der Waals surface area contributed by atoms with E-state index in [1.807, 2.05) is 18.2 Å². The largest absolute Gasteiger partial charge is 0.497 e. The fourth-order valence-electron chi connectivity index (χ4n) is 1.63. The van der Waals surface area contributed by atoms with Gasteiger partial charge in [-0.05, 0) is 30.2 Å². The normalized spacial score (nSPS) is 12.4. The van der Waals surface area contributed by atoms with Gasteiger partial charge < -0.3 is 14.2 Å².